The topological polar surface area (TPSA) is 22.0 Å². The highest BCUT2D eigenvalue weighted by Crippen LogP contribution is 2.21. The highest BCUT2D eigenvalue weighted by atomic mass is 16.1. The first-order valence-corrected chi connectivity index (χ1v) is 5.03. The average Bonchev–Trinajstić information content (AvgIpc) is 2.67. The summed E-state index contributed by atoms with van der Waals surface area (Å²) in [7, 11) is 0. The van der Waals surface area contributed by atoms with Gasteiger partial charge in [-0.05, 0) is 24.1 Å². The van der Waals surface area contributed by atoms with Crippen LogP contribution in [0.4, 0.5) is 0 Å². The van der Waals surface area contributed by atoms with Crippen LogP contribution in [0.15, 0.2) is 43.1 Å². The predicted molar refractivity (Wildman–Crippen MR) is 62.1 cm³/mol. The molecule has 0 saturated heterocycles. The second kappa shape index (κ2) is 3.73. The highest BCUT2D eigenvalue weighted by molar-refractivity contribution is 5.99. The summed E-state index contributed by atoms with van der Waals surface area (Å²) in [4.78, 5) is 11.6. The lowest BCUT2D eigenvalue weighted by atomic mass is 10.1. The molecule has 0 aliphatic rings. The molecule has 0 amide bonds. The minimum Gasteiger partial charge on any atom is -0.283 e. The van der Waals surface area contributed by atoms with Crippen molar-refractivity contribution < 1.29 is 4.79 Å². The van der Waals surface area contributed by atoms with E-state index in [1.165, 1.54) is 11.6 Å². The van der Waals surface area contributed by atoms with Crippen LogP contribution in [0.3, 0.4) is 0 Å². The number of fused-ring (bicyclic) bond motifs is 1. The molecule has 2 heteroatoms. The number of allylic oxidation sites excluding steroid dienone is 1. The number of carbonyl (C=O) groups is 1. The van der Waals surface area contributed by atoms with E-state index in [0.717, 1.165) is 17.3 Å². The van der Waals surface area contributed by atoms with Crippen LogP contribution in [0.1, 0.15) is 17.3 Å². The number of benzene rings is 1. The summed E-state index contributed by atoms with van der Waals surface area (Å²) in [5.41, 5.74) is 2.15. The van der Waals surface area contributed by atoms with Gasteiger partial charge in [0.25, 0.3) is 5.91 Å². The van der Waals surface area contributed by atoms with Crippen LogP contribution < -0.4 is 0 Å². The summed E-state index contributed by atoms with van der Waals surface area (Å²) in [5, 5.41) is 1.15. The van der Waals surface area contributed by atoms with Gasteiger partial charge < -0.3 is 0 Å². The van der Waals surface area contributed by atoms with E-state index in [0.29, 0.717) is 0 Å². The number of para-hydroxylation sites is 1. The lowest BCUT2D eigenvalue weighted by Gasteiger charge is -1.97. The summed E-state index contributed by atoms with van der Waals surface area (Å²) < 4.78 is 1.65. The maximum Gasteiger partial charge on any atom is 0.254 e. The molecular formula is C13H13NO. The van der Waals surface area contributed by atoms with E-state index >= 15 is 0 Å². The molecule has 0 spiro atoms. The molecule has 1 heterocycles. The first kappa shape index (κ1) is 9.71. The molecule has 0 unspecified atom stereocenters. The Morgan fingerprint density at radius 3 is 2.87 bits per heavy atom. The molecular weight excluding hydrogens is 186 g/mol. The van der Waals surface area contributed by atoms with E-state index in [1.54, 1.807) is 4.57 Å². The number of rotatable bonds is 2. The van der Waals surface area contributed by atoms with Gasteiger partial charge in [-0.2, -0.15) is 0 Å². The molecule has 0 atom stereocenters. The smallest absolute Gasteiger partial charge is 0.254 e. The summed E-state index contributed by atoms with van der Waals surface area (Å²) in [6.07, 6.45) is 4.17. The second-order valence-corrected chi connectivity index (χ2v) is 3.44. The van der Waals surface area contributed by atoms with Crippen LogP contribution >= 0.6 is 0 Å². The van der Waals surface area contributed by atoms with Gasteiger partial charge in [-0.1, -0.05) is 31.7 Å². The lowest BCUT2D eigenvalue weighted by Crippen LogP contribution is -2.04. The summed E-state index contributed by atoms with van der Waals surface area (Å²) in [6.45, 7) is 5.60. The summed E-state index contributed by atoms with van der Waals surface area (Å²) in [6, 6.07) is 7.93. The molecule has 2 rings (SSSR count). The Hall–Kier alpha value is -1.83. The van der Waals surface area contributed by atoms with Crippen LogP contribution in [0.2, 0.25) is 0 Å². The molecule has 0 radical (unpaired) electrons. The number of hydrogen-bond acceptors (Lipinski definition) is 1. The number of nitrogens with zero attached hydrogens (tertiary/aromatic N) is 1. The Morgan fingerprint density at radius 2 is 2.20 bits per heavy atom. The van der Waals surface area contributed by atoms with Crippen molar-refractivity contribution >= 4 is 16.8 Å². The quantitative estimate of drug-likeness (QED) is 0.681. The van der Waals surface area contributed by atoms with E-state index in [-0.39, 0.29) is 5.91 Å². The molecule has 0 saturated carbocycles. The van der Waals surface area contributed by atoms with Gasteiger partial charge in [0.2, 0.25) is 0 Å². The van der Waals surface area contributed by atoms with Gasteiger partial charge in [0.1, 0.15) is 0 Å². The van der Waals surface area contributed by atoms with Crippen molar-refractivity contribution in [1.29, 1.82) is 0 Å². The van der Waals surface area contributed by atoms with Crippen molar-refractivity contribution in [2.75, 3.05) is 0 Å². The van der Waals surface area contributed by atoms with Crippen LogP contribution in [-0.2, 0) is 6.42 Å². The fraction of sp³-hybridized carbons (Fsp3) is 0.154. The molecule has 0 aliphatic heterocycles. The Labute approximate surface area is 88.8 Å². The monoisotopic (exact) mass is 199 g/mol. The minimum absolute atomic E-state index is 0.0779. The fourth-order valence-corrected chi connectivity index (χ4v) is 1.81. The molecule has 1 aromatic carbocycles. The average molecular weight is 199 g/mol. The van der Waals surface area contributed by atoms with Gasteiger partial charge in [-0.15, -0.1) is 0 Å². The Balaban J connectivity index is 2.75. The molecule has 76 valence electrons. The predicted octanol–water partition coefficient (Wildman–Crippen LogP) is 3.03. The van der Waals surface area contributed by atoms with Crippen molar-refractivity contribution in [3.63, 3.8) is 0 Å². The Kier molecular flexibility index (Phi) is 2.42. The van der Waals surface area contributed by atoms with E-state index < -0.39 is 0 Å². The van der Waals surface area contributed by atoms with Gasteiger partial charge in [0.15, 0.2) is 0 Å². The zero-order valence-electron chi connectivity index (χ0n) is 8.73. The van der Waals surface area contributed by atoms with Crippen molar-refractivity contribution in [1.82, 2.24) is 4.57 Å². The standard InChI is InChI=1S/C13H13NO/c1-3-10-9-14(13(15)4-2)12-8-6-5-7-11(10)12/h4-9H,2-3H2,1H3. The number of hydrogen-bond donors (Lipinski definition) is 0. The third kappa shape index (κ3) is 1.48. The molecule has 1 aromatic heterocycles. The zero-order chi connectivity index (χ0) is 10.8. The lowest BCUT2D eigenvalue weighted by molar-refractivity contribution is 0.0974. The second-order valence-electron chi connectivity index (χ2n) is 3.44. The van der Waals surface area contributed by atoms with Crippen LogP contribution in [0, 0.1) is 0 Å². The first-order chi connectivity index (χ1) is 7.27. The van der Waals surface area contributed by atoms with Gasteiger partial charge in [0.05, 0.1) is 5.52 Å². The third-order valence-corrected chi connectivity index (χ3v) is 2.59. The molecule has 0 bridgehead atoms. The van der Waals surface area contributed by atoms with Crippen molar-refractivity contribution in [3.05, 3.63) is 48.7 Å². The van der Waals surface area contributed by atoms with Gasteiger partial charge in [-0.3, -0.25) is 9.36 Å². The van der Waals surface area contributed by atoms with Gasteiger partial charge in [-0.25, -0.2) is 0 Å². The maximum atomic E-state index is 11.6. The van der Waals surface area contributed by atoms with Gasteiger partial charge in [0, 0.05) is 11.6 Å². The van der Waals surface area contributed by atoms with E-state index in [2.05, 4.69) is 13.5 Å². The van der Waals surface area contributed by atoms with E-state index in [4.69, 9.17) is 0 Å². The molecule has 0 fully saturated rings. The van der Waals surface area contributed by atoms with Crippen molar-refractivity contribution in [3.8, 4) is 0 Å². The summed E-state index contributed by atoms with van der Waals surface area (Å²) in [5.74, 6) is -0.0779. The number of aryl methyl sites for hydroxylation is 1. The first-order valence-electron chi connectivity index (χ1n) is 5.03. The molecule has 2 aromatic rings. The largest absolute Gasteiger partial charge is 0.283 e. The SMILES string of the molecule is C=CC(=O)n1cc(CC)c2ccccc21. The Morgan fingerprint density at radius 1 is 1.47 bits per heavy atom. The Bertz CT molecular complexity index is 522. The fourth-order valence-electron chi connectivity index (χ4n) is 1.81. The zero-order valence-corrected chi connectivity index (χ0v) is 8.73. The van der Waals surface area contributed by atoms with Crippen LogP contribution in [0.25, 0.3) is 10.9 Å². The molecule has 0 N–H and O–H groups in total. The maximum absolute atomic E-state index is 11.6. The van der Waals surface area contributed by atoms with Crippen molar-refractivity contribution in [2.45, 2.75) is 13.3 Å². The van der Waals surface area contributed by atoms with Crippen LogP contribution in [-0.4, -0.2) is 10.5 Å². The third-order valence-electron chi connectivity index (χ3n) is 2.59. The molecule has 0 aliphatic carbocycles. The minimum atomic E-state index is -0.0779. The van der Waals surface area contributed by atoms with E-state index in [9.17, 15) is 4.79 Å². The normalized spacial score (nSPS) is 10.5. The van der Waals surface area contributed by atoms with E-state index in [1.807, 2.05) is 30.5 Å². The highest BCUT2D eigenvalue weighted by Gasteiger charge is 2.09. The molecule has 2 nitrogen and oxygen atoms in total. The number of aromatic nitrogens is 1. The van der Waals surface area contributed by atoms with Crippen molar-refractivity contribution in [2.24, 2.45) is 0 Å². The van der Waals surface area contributed by atoms with Gasteiger partial charge >= 0.3 is 0 Å². The molecule has 15 heavy (non-hydrogen) atoms. The number of carbonyl (C=O) groups excluding carboxylic acids is 1. The summed E-state index contributed by atoms with van der Waals surface area (Å²) >= 11 is 0. The van der Waals surface area contributed by atoms with Crippen LogP contribution in [0.5, 0.6) is 0 Å².